The molecule has 0 saturated carbocycles. The van der Waals surface area contributed by atoms with Crippen molar-refractivity contribution in [3.05, 3.63) is 63.7 Å². The highest BCUT2D eigenvalue weighted by atomic mass is 127. The molecule has 1 aliphatic heterocycles. The maximum Gasteiger partial charge on any atom is 0.280 e. The molecule has 5 heteroatoms. The van der Waals surface area contributed by atoms with Gasteiger partial charge in [-0.2, -0.15) is 5.10 Å². The number of benzene rings is 2. The van der Waals surface area contributed by atoms with E-state index in [2.05, 4.69) is 27.7 Å². The van der Waals surface area contributed by atoms with Gasteiger partial charge in [0.15, 0.2) is 6.61 Å². The predicted octanol–water partition coefficient (Wildman–Crippen LogP) is 3.31. The molecule has 3 rings (SSSR count). The number of nitrogens with zero attached hydrogens (tertiary/aromatic N) is 2. The standard InChI is InChI=1S/C17H15IN2O2/c18-14-7-4-8-15(11-14)22-12-17(21)20-10-9-16(19-20)13-5-2-1-3-6-13/h1-8,11H,9-10,12H2. The number of hydrogen-bond donors (Lipinski definition) is 0. The third-order valence-corrected chi connectivity index (χ3v) is 4.03. The fourth-order valence-corrected chi connectivity index (χ4v) is 2.76. The molecule has 1 amide bonds. The summed E-state index contributed by atoms with van der Waals surface area (Å²) in [5, 5.41) is 5.90. The van der Waals surface area contributed by atoms with Gasteiger partial charge in [-0.3, -0.25) is 4.79 Å². The number of hydrazone groups is 1. The van der Waals surface area contributed by atoms with E-state index in [0.717, 1.165) is 21.3 Å². The van der Waals surface area contributed by atoms with E-state index in [9.17, 15) is 4.79 Å². The van der Waals surface area contributed by atoms with Crippen LogP contribution in [-0.4, -0.2) is 29.8 Å². The van der Waals surface area contributed by atoms with Gasteiger partial charge in [0.2, 0.25) is 0 Å². The van der Waals surface area contributed by atoms with Crippen LogP contribution in [0.5, 0.6) is 5.75 Å². The largest absolute Gasteiger partial charge is 0.484 e. The van der Waals surface area contributed by atoms with Crippen molar-refractivity contribution in [2.75, 3.05) is 13.2 Å². The van der Waals surface area contributed by atoms with Crippen molar-refractivity contribution in [2.45, 2.75) is 6.42 Å². The number of hydrogen-bond acceptors (Lipinski definition) is 3. The predicted molar refractivity (Wildman–Crippen MR) is 94.0 cm³/mol. The van der Waals surface area contributed by atoms with Crippen molar-refractivity contribution >= 4 is 34.2 Å². The summed E-state index contributed by atoms with van der Waals surface area (Å²) in [7, 11) is 0. The minimum absolute atomic E-state index is 0.00562. The Morgan fingerprint density at radius 2 is 2.00 bits per heavy atom. The van der Waals surface area contributed by atoms with Crippen molar-refractivity contribution < 1.29 is 9.53 Å². The Labute approximate surface area is 142 Å². The van der Waals surface area contributed by atoms with Gasteiger partial charge < -0.3 is 4.74 Å². The quantitative estimate of drug-likeness (QED) is 0.732. The number of carbonyl (C=O) groups excluding carboxylic acids is 1. The number of carbonyl (C=O) groups is 1. The summed E-state index contributed by atoms with van der Waals surface area (Å²) >= 11 is 2.21. The molecule has 0 saturated heterocycles. The zero-order valence-electron chi connectivity index (χ0n) is 11.9. The molecule has 2 aromatic carbocycles. The van der Waals surface area contributed by atoms with E-state index < -0.39 is 0 Å². The normalized spacial score (nSPS) is 13.9. The maximum atomic E-state index is 12.2. The summed E-state index contributed by atoms with van der Waals surface area (Å²) in [4.78, 5) is 12.2. The Kier molecular flexibility index (Phi) is 4.72. The number of ether oxygens (including phenoxy) is 1. The van der Waals surface area contributed by atoms with Gasteiger partial charge in [-0.05, 0) is 46.4 Å². The Morgan fingerprint density at radius 1 is 1.18 bits per heavy atom. The molecule has 1 aliphatic rings. The highest BCUT2D eigenvalue weighted by Crippen LogP contribution is 2.16. The minimum atomic E-state index is -0.121. The molecule has 2 aromatic rings. The molecule has 0 atom stereocenters. The van der Waals surface area contributed by atoms with E-state index in [1.165, 1.54) is 5.01 Å². The van der Waals surface area contributed by atoms with Crippen LogP contribution in [0, 0.1) is 3.57 Å². The average molecular weight is 406 g/mol. The highest BCUT2D eigenvalue weighted by Gasteiger charge is 2.21. The molecule has 0 aliphatic carbocycles. The smallest absolute Gasteiger partial charge is 0.280 e. The monoisotopic (exact) mass is 406 g/mol. The van der Waals surface area contributed by atoms with Gasteiger partial charge >= 0.3 is 0 Å². The topological polar surface area (TPSA) is 41.9 Å². The first-order valence-electron chi connectivity index (χ1n) is 7.04. The number of halogens is 1. The SMILES string of the molecule is O=C(COc1cccc(I)c1)N1CCC(c2ccccc2)=N1. The van der Waals surface area contributed by atoms with Crippen LogP contribution in [0.4, 0.5) is 0 Å². The number of rotatable bonds is 4. The van der Waals surface area contributed by atoms with E-state index in [4.69, 9.17) is 4.74 Å². The lowest BCUT2D eigenvalue weighted by Gasteiger charge is -2.12. The molecule has 0 radical (unpaired) electrons. The fraction of sp³-hybridized carbons (Fsp3) is 0.176. The molecule has 22 heavy (non-hydrogen) atoms. The first-order chi connectivity index (χ1) is 10.7. The zero-order valence-corrected chi connectivity index (χ0v) is 14.1. The molecule has 0 spiro atoms. The summed E-state index contributed by atoms with van der Waals surface area (Å²) in [6.45, 7) is 0.615. The lowest BCUT2D eigenvalue weighted by Crippen LogP contribution is -2.28. The Bertz CT molecular complexity index is 701. The third-order valence-electron chi connectivity index (χ3n) is 3.36. The summed E-state index contributed by atoms with van der Waals surface area (Å²) < 4.78 is 6.61. The molecule has 0 aromatic heterocycles. The average Bonchev–Trinajstić information content (AvgIpc) is 3.04. The van der Waals surface area contributed by atoms with E-state index in [1.54, 1.807) is 0 Å². The van der Waals surface area contributed by atoms with Gasteiger partial charge in [0, 0.05) is 9.99 Å². The Balaban J connectivity index is 1.61. The Morgan fingerprint density at radius 3 is 2.77 bits per heavy atom. The maximum absolute atomic E-state index is 12.2. The minimum Gasteiger partial charge on any atom is -0.484 e. The van der Waals surface area contributed by atoms with E-state index in [0.29, 0.717) is 12.3 Å². The summed E-state index contributed by atoms with van der Waals surface area (Å²) in [5.41, 5.74) is 2.01. The summed E-state index contributed by atoms with van der Waals surface area (Å²) in [6, 6.07) is 17.6. The second-order valence-corrected chi connectivity index (χ2v) is 6.17. The van der Waals surface area contributed by atoms with Gasteiger partial charge in [-0.25, -0.2) is 5.01 Å². The third kappa shape index (κ3) is 3.65. The van der Waals surface area contributed by atoms with Crippen molar-refractivity contribution in [3.8, 4) is 5.75 Å². The van der Waals surface area contributed by atoms with Crippen molar-refractivity contribution in [2.24, 2.45) is 5.10 Å². The van der Waals surface area contributed by atoms with E-state index in [1.807, 2.05) is 54.6 Å². The van der Waals surface area contributed by atoms with Gasteiger partial charge in [0.1, 0.15) is 5.75 Å². The van der Waals surface area contributed by atoms with Gasteiger partial charge in [0.05, 0.1) is 12.3 Å². The Hall–Kier alpha value is -1.89. The van der Waals surface area contributed by atoms with Crippen molar-refractivity contribution in [3.63, 3.8) is 0 Å². The molecule has 112 valence electrons. The van der Waals surface area contributed by atoms with Crippen molar-refractivity contribution in [1.29, 1.82) is 0 Å². The van der Waals surface area contributed by atoms with E-state index in [-0.39, 0.29) is 12.5 Å². The lowest BCUT2D eigenvalue weighted by atomic mass is 10.1. The fourth-order valence-electron chi connectivity index (χ4n) is 2.25. The summed E-state index contributed by atoms with van der Waals surface area (Å²) in [5.74, 6) is 0.580. The molecule has 4 nitrogen and oxygen atoms in total. The van der Waals surface area contributed by atoms with Gasteiger partial charge in [0.25, 0.3) is 5.91 Å². The lowest BCUT2D eigenvalue weighted by molar-refractivity contribution is -0.132. The number of amides is 1. The van der Waals surface area contributed by atoms with Crippen LogP contribution in [0.3, 0.4) is 0 Å². The molecule has 1 heterocycles. The second-order valence-electron chi connectivity index (χ2n) is 4.93. The first-order valence-corrected chi connectivity index (χ1v) is 8.12. The highest BCUT2D eigenvalue weighted by molar-refractivity contribution is 14.1. The first kappa shape index (κ1) is 15.0. The van der Waals surface area contributed by atoms with E-state index >= 15 is 0 Å². The molecular formula is C17H15IN2O2. The molecule has 0 fully saturated rings. The molecule has 0 N–H and O–H groups in total. The van der Waals surface area contributed by atoms with Gasteiger partial charge in [-0.15, -0.1) is 0 Å². The molecule has 0 unspecified atom stereocenters. The van der Waals surface area contributed by atoms with Crippen LogP contribution in [0.1, 0.15) is 12.0 Å². The van der Waals surface area contributed by atoms with Gasteiger partial charge in [-0.1, -0.05) is 36.4 Å². The molecule has 0 bridgehead atoms. The van der Waals surface area contributed by atoms with Crippen LogP contribution in [0.15, 0.2) is 59.7 Å². The van der Waals surface area contributed by atoms with Crippen molar-refractivity contribution in [1.82, 2.24) is 5.01 Å². The van der Waals surface area contributed by atoms with Crippen LogP contribution in [-0.2, 0) is 4.79 Å². The molecular weight excluding hydrogens is 391 g/mol. The van der Waals surface area contributed by atoms with Crippen LogP contribution in [0.2, 0.25) is 0 Å². The zero-order chi connectivity index (χ0) is 15.4. The second kappa shape index (κ2) is 6.91. The summed E-state index contributed by atoms with van der Waals surface area (Å²) in [6.07, 6.45) is 0.777. The van der Waals surface area contributed by atoms with Crippen LogP contribution in [0.25, 0.3) is 0 Å². The van der Waals surface area contributed by atoms with Crippen LogP contribution >= 0.6 is 22.6 Å². The van der Waals surface area contributed by atoms with Crippen LogP contribution < -0.4 is 4.74 Å².